The SMILES string of the molecule is Oc1c(Br)cc(-c2nc3cc(Cl)c(Cl)cc3[nH]2)c(O)c1Br. The highest BCUT2D eigenvalue weighted by Crippen LogP contribution is 2.45. The lowest BCUT2D eigenvalue weighted by molar-refractivity contribution is 0.443. The summed E-state index contributed by atoms with van der Waals surface area (Å²) < 4.78 is 0.613. The number of rotatable bonds is 1. The summed E-state index contributed by atoms with van der Waals surface area (Å²) in [5.41, 5.74) is 1.74. The summed E-state index contributed by atoms with van der Waals surface area (Å²) in [5.74, 6) is 0.229. The Kier molecular flexibility index (Phi) is 3.81. The number of nitrogens with zero attached hydrogens (tertiary/aromatic N) is 1. The van der Waals surface area contributed by atoms with Gasteiger partial charge in [-0.1, -0.05) is 23.2 Å². The van der Waals surface area contributed by atoms with Gasteiger partial charge in [-0.15, -0.1) is 0 Å². The molecule has 3 rings (SSSR count). The Balaban J connectivity index is 2.26. The number of fused-ring (bicyclic) bond motifs is 1. The molecule has 1 aromatic heterocycles. The number of hydrogen-bond donors (Lipinski definition) is 3. The van der Waals surface area contributed by atoms with Crippen LogP contribution >= 0.6 is 55.1 Å². The summed E-state index contributed by atoms with van der Waals surface area (Å²) in [6.45, 7) is 0. The lowest BCUT2D eigenvalue weighted by Gasteiger charge is -2.07. The number of phenolic OH excluding ortho intramolecular Hbond substituents is 2. The molecule has 0 saturated carbocycles. The maximum absolute atomic E-state index is 10.2. The molecule has 3 N–H and O–H groups in total. The predicted octanol–water partition coefficient (Wildman–Crippen LogP) is 5.47. The molecule has 0 unspecified atom stereocenters. The van der Waals surface area contributed by atoms with Gasteiger partial charge in [-0.05, 0) is 50.1 Å². The van der Waals surface area contributed by atoms with Gasteiger partial charge in [-0.25, -0.2) is 4.98 Å². The number of H-pyrrole nitrogens is 1. The van der Waals surface area contributed by atoms with Gasteiger partial charge < -0.3 is 15.2 Å². The fourth-order valence-corrected chi connectivity index (χ4v) is 3.35. The minimum Gasteiger partial charge on any atom is -0.506 e. The average Bonchev–Trinajstić information content (AvgIpc) is 2.83. The Hall–Kier alpha value is -0.950. The predicted molar refractivity (Wildman–Crippen MR) is 90.3 cm³/mol. The largest absolute Gasteiger partial charge is 0.506 e. The molecule has 8 heteroatoms. The number of aromatic nitrogens is 2. The van der Waals surface area contributed by atoms with Crippen molar-refractivity contribution in [3.8, 4) is 22.9 Å². The molecule has 21 heavy (non-hydrogen) atoms. The number of phenols is 2. The highest BCUT2D eigenvalue weighted by atomic mass is 79.9. The van der Waals surface area contributed by atoms with E-state index < -0.39 is 0 Å². The molecule has 108 valence electrons. The maximum Gasteiger partial charge on any atom is 0.147 e. The van der Waals surface area contributed by atoms with Crippen LogP contribution in [0.2, 0.25) is 10.0 Å². The molecule has 1 heterocycles. The van der Waals surface area contributed by atoms with Gasteiger partial charge in [-0.2, -0.15) is 0 Å². The van der Waals surface area contributed by atoms with Gasteiger partial charge in [0.25, 0.3) is 0 Å². The molecular formula is C13H6Br2Cl2N2O2. The highest BCUT2D eigenvalue weighted by molar-refractivity contribution is 9.11. The van der Waals surface area contributed by atoms with Crippen molar-refractivity contribution in [2.45, 2.75) is 0 Å². The summed E-state index contributed by atoms with van der Waals surface area (Å²) in [5, 5.41) is 20.7. The Morgan fingerprint density at radius 2 is 1.67 bits per heavy atom. The van der Waals surface area contributed by atoms with Crippen LogP contribution in [0.3, 0.4) is 0 Å². The summed E-state index contributed by atoms with van der Waals surface area (Å²) >= 11 is 18.3. The van der Waals surface area contributed by atoms with Crippen molar-refractivity contribution < 1.29 is 10.2 Å². The van der Waals surface area contributed by atoms with Crippen LogP contribution in [-0.2, 0) is 0 Å². The summed E-state index contributed by atoms with van der Waals surface area (Å²) in [6, 6.07) is 4.87. The van der Waals surface area contributed by atoms with Crippen LogP contribution in [0.1, 0.15) is 0 Å². The number of aromatic hydroxyl groups is 2. The van der Waals surface area contributed by atoms with Gasteiger partial charge in [0.1, 0.15) is 21.8 Å². The molecule has 0 aliphatic heterocycles. The van der Waals surface area contributed by atoms with E-state index in [0.717, 1.165) is 0 Å². The second kappa shape index (κ2) is 5.35. The molecule has 0 saturated heterocycles. The highest BCUT2D eigenvalue weighted by Gasteiger charge is 2.18. The molecule has 0 atom stereocenters. The first-order chi connectivity index (χ1) is 9.88. The number of nitrogens with one attached hydrogen (secondary N) is 1. The van der Waals surface area contributed by atoms with Crippen LogP contribution in [0, 0.1) is 0 Å². The minimum absolute atomic E-state index is 0.0848. The molecule has 0 spiro atoms. The number of imidazole rings is 1. The van der Waals surface area contributed by atoms with E-state index in [2.05, 4.69) is 41.8 Å². The van der Waals surface area contributed by atoms with Crippen LogP contribution in [0.15, 0.2) is 27.1 Å². The van der Waals surface area contributed by atoms with E-state index in [1.54, 1.807) is 18.2 Å². The van der Waals surface area contributed by atoms with E-state index in [1.807, 2.05) is 0 Å². The molecule has 0 fully saturated rings. The van der Waals surface area contributed by atoms with Crippen molar-refractivity contribution in [3.05, 3.63) is 37.2 Å². The zero-order chi connectivity index (χ0) is 15.3. The van der Waals surface area contributed by atoms with Gasteiger partial charge in [0.2, 0.25) is 0 Å². The van der Waals surface area contributed by atoms with Crippen molar-refractivity contribution in [3.63, 3.8) is 0 Å². The van der Waals surface area contributed by atoms with E-state index in [1.165, 1.54) is 0 Å². The summed E-state index contributed by atoms with van der Waals surface area (Å²) in [6.07, 6.45) is 0. The average molecular weight is 453 g/mol. The van der Waals surface area contributed by atoms with Crippen molar-refractivity contribution in [2.24, 2.45) is 0 Å². The van der Waals surface area contributed by atoms with E-state index in [-0.39, 0.29) is 16.0 Å². The third kappa shape index (κ3) is 2.50. The molecule has 3 aromatic rings. The van der Waals surface area contributed by atoms with Crippen LogP contribution in [-0.4, -0.2) is 20.2 Å². The monoisotopic (exact) mass is 450 g/mol. The first-order valence-corrected chi connectivity index (χ1v) is 7.97. The molecule has 0 amide bonds. The first-order valence-electron chi connectivity index (χ1n) is 5.63. The Morgan fingerprint density at radius 3 is 2.38 bits per heavy atom. The van der Waals surface area contributed by atoms with Crippen molar-refractivity contribution in [2.75, 3.05) is 0 Å². The number of aromatic amines is 1. The third-order valence-corrected chi connectivity index (χ3v) is 5.03. The lowest BCUT2D eigenvalue weighted by Crippen LogP contribution is -1.85. The normalized spacial score (nSPS) is 11.2. The molecule has 2 aromatic carbocycles. The van der Waals surface area contributed by atoms with E-state index in [0.29, 0.717) is 36.9 Å². The molecular weight excluding hydrogens is 447 g/mol. The molecule has 0 radical (unpaired) electrons. The molecule has 0 bridgehead atoms. The first kappa shape index (κ1) is 15.0. The molecule has 0 aliphatic carbocycles. The Morgan fingerprint density at radius 1 is 1.00 bits per heavy atom. The zero-order valence-electron chi connectivity index (χ0n) is 10.1. The second-order valence-electron chi connectivity index (χ2n) is 4.29. The number of halogens is 4. The van der Waals surface area contributed by atoms with Crippen LogP contribution in [0.5, 0.6) is 11.5 Å². The van der Waals surface area contributed by atoms with Crippen molar-refractivity contribution >= 4 is 66.1 Å². The van der Waals surface area contributed by atoms with Crippen LogP contribution in [0.25, 0.3) is 22.4 Å². The van der Waals surface area contributed by atoms with E-state index >= 15 is 0 Å². The van der Waals surface area contributed by atoms with Crippen molar-refractivity contribution in [1.82, 2.24) is 9.97 Å². The second-order valence-corrected chi connectivity index (χ2v) is 6.75. The standard InChI is InChI=1S/C13H6Br2Cl2N2O2/c14-5-1-4(11(20)10(15)12(5)21)13-18-8-2-6(16)7(17)3-9(8)19-13/h1-3,20-21H,(H,18,19). The number of hydrogen-bond acceptors (Lipinski definition) is 3. The minimum atomic E-state index is -0.119. The van der Waals surface area contributed by atoms with Crippen LogP contribution < -0.4 is 0 Å². The number of benzene rings is 2. The fourth-order valence-electron chi connectivity index (χ4n) is 1.91. The Labute approximate surface area is 146 Å². The van der Waals surface area contributed by atoms with E-state index in [9.17, 15) is 10.2 Å². The fraction of sp³-hybridized carbons (Fsp3) is 0. The van der Waals surface area contributed by atoms with Gasteiger partial charge in [0.05, 0.1) is 31.1 Å². The van der Waals surface area contributed by atoms with Gasteiger partial charge in [0.15, 0.2) is 0 Å². The van der Waals surface area contributed by atoms with Crippen LogP contribution in [0.4, 0.5) is 0 Å². The molecule has 4 nitrogen and oxygen atoms in total. The summed E-state index contributed by atoms with van der Waals surface area (Å²) in [4.78, 5) is 7.43. The van der Waals surface area contributed by atoms with Gasteiger partial charge in [0, 0.05) is 0 Å². The molecule has 0 aliphatic rings. The lowest BCUT2D eigenvalue weighted by atomic mass is 10.2. The Bertz CT molecular complexity index is 841. The smallest absolute Gasteiger partial charge is 0.147 e. The summed E-state index contributed by atoms with van der Waals surface area (Å²) in [7, 11) is 0. The zero-order valence-corrected chi connectivity index (χ0v) is 14.8. The topological polar surface area (TPSA) is 69.1 Å². The van der Waals surface area contributed by atoms with E-state index in [4.69, 9.17) is 23.2 Å². The van der Waals surface area contributed by atoms with Gasteiger partial charge in [-0.3, -0.25) is 0 Å². The van der Waals surface area contributed by atoms with Gasteiger partial charge >= 0.3 is 0 Å². The van der Waals surface area contributed by atoms with Crippen molar-refractivity contribution in [1.29, 1.82) is 0 Å². The quantitative estimate of drug-likeness (QED) is 0.458. The maximum atomic E-state index is 10.2. The third-order valence-electron chi connectivity index (χ3n) is 2.95.